The van der Waals surface area contributed by atoms with Gasteiger partial charge in [-0.05, 0) is 53.9 Å². The Morgan fingerprint density at radius 1 is 1.12 bits per heavy atom. The Hall–Kier alpha value is -2.30. The Balaban J connectivity index is 1.73. The van der Waals surface area contributed by atoms with Crippen LogP contribution in [0.1, 0.15) is 23.2 Å². The van der Waals surface area contributed by atoms with Gasteiger partial charge in [-0.3, -0.25) is 4.79 Å². The van der Waals surface area contributed by atoms with Crippen molar-refractivity contribution >= 4 is 29.2 Å². The number of ether oxygens (including phenoxy) is 1. The van der Waals surface area contributed by atoms with E-state index < -0.39 is 0 Å². The first-order valence-corrected chi connectivity index (χ1v) is 8.95. The van der Waals surface area contributed by atoms with Crippen LogP contribution in [0.3, 0.4) is 0 Å². The Morgan fingerprint density at radius 2 is 1.88 bits per heavy atom. The molecule has 0 bridgehead atoms. The van der Waals surface area contributed by atoms with Crippen molar-refractivity contribution in [3.63, 3.8) is 0 Å². The lowest BCUT2D eigenvalue weighted by molar-refractivity contribution is -0.140. The number of benzene rings is 2. The Morgan fingerprint density at radius 3 is 2.62 bits per heavy atom. The fourth-order valence-corrected chi connectivity index (χ4v) is 3.01. The van der Waals surface area contributed by atoms with E-state index >= 15 is 0 Å². The number of halogens is 2. The van der Waals surface area contributed by atoms with Gasteiger partial charge in [0.25, 0.3) is 0 Å². The van der Waals surface area contributed by atoms with Crippen molar-refractivity contribution in [1.82, 2.24) is 9.78 Å². The largest absolute Gasteiger partial charge is 0.469 e. The number of methoxy groups -OCH3 is 1. The number of carbonyl (C=O) groups excluding carboxylic acids is 1. The fraction of sp³-hybridized carbons (Fsp3) is 0.200. The van der Waals surface area contributed by atoms with Gasteiger partial charge in [-0.25, -0.2) is 4.68 Å². The van der Waals surface area contributed by atoms with Crippen molar-refractivity contribution in [2.45, 2.75) is 19.3 Å². The van der Waals surface area contributed by atoms with Crippen molar-refractivity contribution < 1.29 is 9.53 Å². The maximum absolute atomic E-state index is 11.3. The number of nitrogens with zero attached hydrogens (tertiary/aromatic N) is 2. The van der Waals surface area contributed by atoms with E-state index in [1.165, 1.54) is 7.11 Å². The van der Waals surface area contributed by atoms with Crippen LogP contribution in [-0.4, -0.2) is 22.9 Å². The molecule has 3 rings (SSSR count). The third-order valence-electron chi connectivity index (χ3n) is 4.06. The van der Waals surface area contributed by atoms with E-state index in [-0.39, 0.29) is 5.97 Å². The van der Waals surface area contributed by atoms with Gasteiger partial charge in [-0.2, -0.15) is 5.10 Å². The molecular formula is C20H18Cl2N2O2. The second-order valence-electron chi connectivity index (χ2n) is 5.91. The zero-order valence-electron chi connectivity index (χ0n) is 14.3. The summed E-state index contributed by atoms with van der Waals surface area (Å²) in [5.41, 5.74) is 3.93. The molecule has 134 valence electrons. The van der Waals surface area contributed by atoms with Crippen LogP contribution in [0.25, 0.3) is 5.69 Å². The molecule has 4 nitrogen and oxygen atoms in total. The van der Waals surface area contributed by atoms with Gasteiger partial charge in [0.15, 0.2) is 0 Å². The van der Waals surface area contributed by atoms with E-state index in [9.17, 15) is 4.79 Å². The third-order valence-corrected chi connectivity index (χ3v) is 4.68. The molecule has 0 fully saturated rings. The highest BCUT2D eigenvalue weighted by atomic mass is 35.5. The van der Waals surface area contributed by atoms with Gasteiger partial charge < -0.3 is 4.74 Å². The zero-order valence-corrected chi connectivity index (χ0v) is 15.8. The van der Waals surface area contributed by atoms with Gasteiger partial charge in [0.05, 0.1) is 18.5 Å². The van der Waals surface area contributed by atoms with Crippen molar-refractivity contribution in [1.29, 1.82) is 0 Å². The van der Waals surface area contributed by atoms with Gasteiger partial charge in [0, 0.05) is 29.1 Å². The maximum Gasteiger partial charge on any atom is 0.305 e. The van der Waals surface area contributed by atoms with Gasteiger partial charge in [0.2, 0.25) is 0 Å². The smallest absolute Gasteiger partial charge is 0.305 e. The summed E-state index contributed by atoms with van der Waals surface area (Å²) < 4.78 is 6.51. The van der Waals surface area contributed by atoms with E-state index in [0.717, 1.165) is 22.5 Å². The summed E-state index contributed by atoms with van der Waals surface area (Å²) in [6.07, 6.45) is 3.47. The normalized spacial score (nSPS) is 10.7. The minimum atomic E-state index is -0.242. The number of carbonyl (C=O) groups is 1. The number of hydrogen-bond acceptors (Lipinski definition) is 3. The van der Waals surface area contributed by atoms with E-state index in [4.69, 9.17) is 23.2 Å². The number of aryl methyl sites for hydroxylation is 1. The summed E-state index contributed by atoms with van der Waals surface area (Å²) in [6.45, 7) is 0. The molecule has 0 N–H and O–H groups in total. The van der Waals surface area contributed by atoms with Crippen LogP contribution >= 0.6 is 23.2 Å². The van der Waals surface area contributed by atoms with Gasteiger partial charge in [-0.15, -0.1) is 0 Å². The average molecular weight is 389 g/mol. The van der Waals surface area contributed by atoms with Crippen LogP contribution in [0, 0.1) is 0 Å². The summed E-state index contributed by atoms with van der Waals surface area (Å²) in [7, 11) is 1.39. The number of hydrogen-bond donors (Lipinski definition) is 0. The van der Waals surface area contributed by atoms with E-state index in [2.05, 4.69) is 9.84 Å². The summed E-state index contributed by atoms with van der Waals surface area (Å²) in [5.74, 6) is -0.242. The molecule has 0 unspecified atom stereocenters. The lowest BCUT2D eigenvalue weighted by atomic mass is 10.0. The minimum absolute atomic E-state index is 0.242. The molecular weight excluding hydrogens is 371 g/mol. The molecule has 26 heavy (non-hydrogen) atoms. The highest BCUT2D eigenvalue weighted by Crippen LogP contribution is 2.21. The zero-order chi connectivity index (χ0) is 18.5. The Bertz CT molecular complexity index is 904. The van der Waals surface area contributed by atoms with Crippen LogP contribution in [0.15, 0.2) is 54.7 Å². The van der Waals surface area contributed by atoms with Gasteiger partial charge >= 0.3 is 5.97 Å². The molecule has 0 aliphatic carbocycles. The maximum atomic E-state index is 11.3. The molecule has 1 heterocycles. The number of rotatable bonds is 6. The Labute approximate surface area is 162 Å². The molecule has 0 aliphatic heterocycles. The third kappa shape index (κ3) is 4.65. The molecule has 0 spiro atoms. The lowest BCUT2D eigenvalue weighted by Gasteiger charge is -2.07. The number of esters is 1. The summed E-state index contributed by atoms with van der Waals surface area (Å²) in [6, 6.07) is 15.4. The molecule has 0 saturated carbocycles. The molecule has 2 aromatic carbocycles. The van der Waals surface area contributed by atoms with Crippen molar-refractivity contribution in [2.75, 3.05) is 7.11 Å². The quantitative estimate of drug-likeness (QED) is 0.565. The molecule has 3 aromatic rings. The van der Waals surface area contributed by atoms with Crippen LogP contribution < -0.4 is 0 Å². The molecule has 0 amide bonds. The van der Waals surface area contributed by atoms with Crippen molar-refractivity contribution in [2.24, 2.45) is 0 Å². The Kier molecular flexibility index (Phi) is 5.96. The second-order valence-corrected chi connectivity index (χ2v) is 6.75. The van der Waals surface area contributed by atoms with Crippen LogP contribution in [0.4, 0.5) is 0 Å². The van der Waals surface area contributed by atoms with Gasteiger partial charge in [0.1, 0.15) is 0 Å². The predicted molar refractivity (Wildman–Crippen MR) is 103 cm³/mol. The summed E-state index contributed by atoms with van der Waals surface area (Å²) >= 11 is 12.2. The minimum Gasteiger partial charge on any atom is -0.469 e. The highest BCUT2D eigenvalue weighted by Gasteiger charge is 2.08. The topological polar surface area (TPSA) is 44.1 Å². The fourth-order valence-electron chi connectivity index (χ4n) is 2.67. The van der Waals surface area contributed by atoms with Crippen molar-refractivity contribution in [3.05, 3.63) is 81.6 Å². The van der Waals surface area contributed by atoms with Crippen LogP contribution in [-0.2, 0) is 22.4 Å². The first-order valence-electron chi connectivity index (χ1n) is 8.20. The molecule has 0 aliphatic rings. The second kappa shape index (κ2) is 8.39. The van der Waals surface area contributed by atoms with E-state index in [1.807, 2.05) is 59.4 Å². The monoisotopic (exact) mass is 388 g/mol. The molecule has 1 aromatic heterocycles. The molecule has 6 heteroatoms. The average Bonchev–Trinajstić information content (AvgIpc) is 3.11. The molecule has 0 radical (unpaired) electrons. The molecule has 0 saturated heterocycles. The summed E-state index contributed by atoms with van der Waals surface area (Å²) in [4.78, 5) is 11.3. The van der Waals surface area contributed by atoms with Crippen LogP contribution in [0.5, 0.6) is 0 Å². The highest BCUT2D eigenvalue weighted by molar-refractivity contribution is 6.31. The summed E-state index contributed by atoms with van der Waals surface area (Å²) in [5, 5.41) is 5.96. The van der Waals surface area contributed by atoms with Crippen LogP contribution in [0.2, 0.25) is 10.0 Å². The van der Waals surface area contributed by atoms with E-state index in [0.29, 0.717) is 29.3 Å². The van der Waals surface area contributed by atoms with Gasteiger partial charge in [-0.1, -0.05) is 35.3 Å². The van der Waals surface area contributed by atoms with Crippen molar-refractivity contribution in [3.8, 4) is 5.69 Å². The predicted octanol–water partition coefficient (Wildman–Crippen LogP) is 4.88. The SMILES string of the molecule is COC(=O)CCc1cc(Cc2ccn(-c3ccc(Cl)cc3)n2)ccc1Cl. The standard InChI is InChI=1S/C20H18Cl2N2O2/c1-26-20(25)9-3-15-12-14(2-8-19(15)22)13-17-10-11-24(23-17)18-6-4-16(21)5-7-18/h2,4-8,10-12H,3,9,13H2,1H3. The molecule has 0 atom stereocenters. The first-order chi connectivity index (χ1) is 12.5. The lowest BCUT2D eigenvalue weighted by Crippen LogP contribution is -2.03. The first kappa shape index (κ1) is 18.5. The van der Waals surface area contributed by atoms with E-state index in [1.54, 1.807) is 0 Å². The number of aromatic nitrogens is 2.